The van der Waals surface area contributed by atoms with Crippen molar-refractivity contribution in [2.24, 2.45) is 0 Å². The van der Waals surface area contributed by atoms with Gasteiger partial charge in [0.2, 0.25) is 10.0 Å². The first-order valence-corrected chi connectivity index (χ1v) is 4.75. The average molecular weight is 149 g/mol. The van der Waals surface area contributed by atoms with E-state index in [9.17, 15) is 8.42 Å². The Labute approximate surface area is 55.7 Å². The van der Waals surface area contributed by atoms with Crippen LogP contribution in [0.3, 0.4) is 0 Å². The summed E-state index contributed by atoms with van der Waals surface area (Å²) in [6.45, 7) is 3.35. The number of nitrogens with zero attached hydrogens (tertiary/aromatic N) is 1. The second kappa shape index (κ2) is 2.27. The topological polar surface area (TPSA) is 37.1 Å². The molecule has 3 nitrogen and oxygen atoms in total. The Balaban J connectivity index is 2.51. The van der Waals surface area contributed by atoms with Crippen molar-refractivity contribution in [3.8, 4) is 0 Å². The first-order chi connectivity index (χ1) is 4.17. The molecule has 0 spiro atoms. The lowest BCUT2D eigenvalue weighted by Crippen LogP contribution is -2.14. The minimum atomic E-state index is -2.80. The summed E-state index contributed by atoms with van der Waals surface area (Å²) in [5.74, 6) is 0.312. The molecular formula is C5H11NO2S. The van der Waals surface area contributed by atoms with Gasteiger partial charge in [0.05, 0.1) is 5.75 Å². The summed E-state index contributed by atoms with van der Waals surface area (Å²) in [5, 5.41) is 0. The summed E-state index contributed by atoms with van der Waals surface area (Å²) < 4.78 is 23.3. The van der Waals surface area contributed by atoms with Crippen molar-refractivity contribution < 1.29 is 8.42 Å². The summed E-state index contributed by atoms with van der Waals surface area (Å²) in [6.07, 6.45) is 0.721. The van der Waals surface area contributed by atoms with Crippen molar-refractivity contribution in [1.82, 2.24) is 4.31 Å². The lowest BCUT2D eigenvalue weighted by molar-refractivity contribution is 0.562. The molecule has 0 unspecified atom stereocenters. The molecule has 0 aromatic carbocycles. The van der Waals surface area contributed by atoms with E-state index in [0.29, 0.717) is 5.75 Å². The van der Waals surface area contributed by atoms with Gasteiger partial charge in [-0.25, -0.2) is 8.42 Å². The van der Waals surface area contributed by atoms with Gasteiger partial charge in [0.25, 0.3) is 0 Å². The number of sulfonamides is 1. The largest absolute Gasteiger partial charge is 0.214 e. The maximum Gasteiger partial charge on any atom is 0.214 e. The molecule has 0 aromatic heterocycles. The van der Waals surface area contributed by atoms with Gasteiger partial charge in [-0.05, 0) is 6.42 Å². The molecule has 0 aromatic rings. The third-order valence-electron chi connectivity index (χ3n) is 1.26. The summed E-state index contributed by atoms with van der Waals surface area (Å²) in [5.41, 5.74) is 0. The standard InChI is InChI=1S/C5H11NO2S/c1-2-5-9(7,8)6-3-4-6/h2-5H2,1H3. The van der Waals surface area contributed by atoms with E-state index >= 15 is 0 Å². The predicted octanol–water partition coefficient (Wildman–Crippen LogP) is 0.0418. The zero-order valence-electron chi connectivity index (χ0n) is 5.50. The van der Waals surface area contributed by atoms with Crippen molar-refractivity contribution >= 4 is 10.0 Å². The van der Waals surface area contributed by atoms with Crippen LogP contribution in [0, 0.1) is 0 Å². The predicted molar refractivity (Wildman–Crippen MR) is 35.7 cm³/mol. The van der Waals surface area contributed by atoms with E-state index in [4.69, 9.17) is 0 Å². The van der Waals surface area contributed by atoms with Crippen molar-refractivity contribution in [2.45, 2.75) is 13.3 Å². The molecule has 0 radical (unpaired) electrons. The van der Waals surface area contributed by atoms with Crippen LogP contribution in [0.5, 0.6) is 0 Å². The second-order valence-corrected chi connectivity index (χ2v) is 4.30. The van der Waals surface area contributed by atoms with Gasteiger partial charge >= 0.3 is 0 Å². The molecule has 1 aliphatic heterocycles. The lowest BCUT2D eigenvalue weighted by Gasteiger charge is -1.98. The number of rotatable bonds is 3. The van der Waals surface area contributed by atoms with Crippen LogP contribution in [-0.4, -0.2) is 31.6 Å². The molecule has 4 heteroatoms. The Hall–Kier alpha value is -0.0900. The lowest BCUT2D eigenvalue weighted by atomic mass is 10.6. The molecule has 0 atom stereocenters. The van der Waals surface area contributed by atoms with Gasteiger partial charge in [-0.1, -0.05) is 6.92 Å². The molecule has 0 saturated carbocycles. The third-order valence-corrected chi connectivity index (χ3v) is 3.34. The van der Waals surface area contributed by atoms with Gasteiger partial charge in [-0.15, -0.1) is 0 Å². The average Bonchev–Trinajstić information content (AvgIpc) is 2.41. The van der Waals surface area contributed by atoms with Gasteiger partial charge in [-0.2, -0.15) is 4.31 Å². The van der Waals surface area contributed by atoms with Gasteiger partial charge in [-0.3, -0.25) is 0 Å². The molecule has 0 aliphatic carbocycles. The summed E-state index contributed by atoms with van der Waals surface area (Å²) in [6, 6.07) is 0. The highest BCUT2D eigenvalue weighted by Gasteiger charge is 2.30. The van der Waals surface area contributed by atoms with E-state index in [1.807, 2.05) is 6.92 Å². The molecule has 9 heavy (non-hydrogen) atoms. The van der Waals surface area contributed by atoms with Crippen LogP contribution < -0.4 is 0 Å². The maximum atomic E-state index is 10.9. The molecule has 1 fully saturated rings. The second-order valence-electron chi connectivity index (χ2n) is 2.22. The number of hydrogen-bond acceptors (Lipinski definition) is 2. The fraction of sp³-hybridized carbons (Fsp3) is 1.00. The highest BCUT2D eigenvalue weighted by molar-refractivity contribution is 7.89. The maximum absolute atomic E-state index is 10.9. The van der Waals surface area contributed by atoms with E-state index in [0.717, 1.165) is 19.5 Å². The first-order valence-electron chi connectivity index (χ1n) is 3.14. The fourth-order valence-corrected chi connectivity index (χ4v) is 2.12. The Morgan fingerprint density at radius 1 is 1.44 bits per heavy atom. The third kappa shape index (κ3) is 1.66. The highest BCUT2D eigenvalue weighted by Crippen LogP contribution is 2.12. The van der Waals surface area contributed by atoms with Crippen LogP contribution in [0.2, 0.25) is 0 Å². The highest BCUT2D eigenvalue weighted by atomic mass is 32.2. The Morgan fingerprint density at radius 2 is 2.00 bits per heavy atom. The Morgan fingerprint density at radius 3 is 2.33 bits per heavy atom. The Bertz CT molecular complexity index is 181. The van der Waals surface area contributed by atoms with Gasteiger partial charge in [0.1, 0.15) is 0 Å². The molecule has 1 aliphatic rings. The first kappa shape index (κ1) is 7.02. The molecule has 1 saturated heterocycles. The summed E-state index contributed by atoms with van der Waals surface area (Å²) in [7, 11) is -2.80. The number of hydrogen-bond donors (Lipinski definition) is 0. The normalized spacial score (nSPS) is 20.1. The van der Waals surface area contributed by atoms with E-state index in [-0.39, 0.29) is 0 Å². The SMILES string of the molecule is CCCS(=O)(=O)N1CC1. The minimum absolute atomic E-state index is 0.312. The van der Waals surface area contributed by atoms with Gasteiger partial charge < -0.3 is 0 Å². The van der Waals surface area contributed by atoms with Crippen LogP contribution in [0.25, 0.3) is 0 Å². The molecule has 54 valence electrons. The smallest absolute Gasteiger partial charge is 0.212 e. The quantitative estimate of drug-likeness (QED) is 0.531. The van der Waals surface area contributed by atoms with Crippen LogP contribution in [-0.2, 0) is 10.0 Å². The van der Waals surface area contributed by atoms with Crippen LogP contribution in [0.4, 0.5) is 0 Å². The zero-order chi connectivity index (χ0) is 6.91. The van der Waals surface area contributed by atoms with Gasteiger partial charge in [0.15, 0.2) is 0 Å². The van der Waals surface area contributed by atoms with E-state index in [1.165, 1.54) is 4.31 Å². The molecule has 0 amide bonds. The summed E-state index contributed by atoms with van der Waals surface area (Å²) in [4.78, 5) is 0. The monoisotopic (exact) mass is 149 g/mol. The van der Waals surface area contributed by atoms with E-state index < -0.39 is 10.0 Å². The fourth-order valence-electron chi connectivity index (χ4n) is 0.706. The molecule has 0 N–H and O–H groups in total. The van der Waals surface area contributed by atoms with Crippen LogP contribution in [0.15, 0.2) is 0 Å². The van der Waals surface area contributed by atoms with E-state index in [2.05, 4.69) is 0 Å². The molecule has 1 rings (SSSR count). The summed E-state index contributed by atoms with van der Waals surface area (Å²) >= 11 is 0. The van der Waals surface area contributed by atoms with Crippen LogP contribution >= 0.6 is 0 Å². The van der Waals surface area contributed by atoms with E-state index in [1.54, 1.807) is 0 Å². The van der Waals surface area contributed by atoms with Crippen molar-refractivity contribution in [2.75, 3.05) is 18.8 Å². The molecule has 0 bridgehead atoms. The Kier molecular flexibility index (Phi) is 1.77. The molecule has 1 heterocycles. The minimum Gasteiger partial charge on any atom is -0.212 e. The van der Waals surface area contributed by atoms with Gasteiger partial charge in [0, 0.05) is 13.1 Å². The van der Waals surface area contributed by atoms with Crippen molar-refractivity contribution in [3.05, 3.63) is 0 Å². The van der Waals surface area contributed by atoms with Crippen molar-refractivity contribution in [1.29, 1.82) is 0 Å². The molecular weight excluding hydrogens is 138 g/mol. The zero-order valence-corrected chi connectivity index (χ0v) is 6.32. The van der Waals surface area contributed by atoms with Crippen molar-refractivity contribution in [3.63, 3.8) is 0 Å². The van der Waals surface area contributed by atoms with Crippen LogP contribution in [0.1, 0.15) is 13.3 Å².